The summed E-state index contributed by atoms with van der Waals surface area (Å²) in [7, 11) is 0. The van der Waals surface area contributed by atoms with Gasteiger partial charge in [-0.3, -0.25) is 0 Å². The van der Waals surface area contributed by atoms with Crippen molar-refractivity contribution in [2.45, 2.75) is 32.0 Å². The van der Waals surface area contributed by atoms with Crippen molar-refractivity contribution in [3.8, 4) is 0 Å². The predicted molar refractivity (Wildman–Crippen MR) is 74.4 cm³/mol. The zero-order valence-corrected chi connectivity index (χ0v) is 12.4. The van der Waals surface area contributed by atoms with E-state index in [2.05, 4.69) is 4.98 Å². The van der Waals surface area contributed by atoms with Crippen LogP contribution in [-0.4, -0.2) is 21.6 Å². The Morgan fingerprint density at radius 1 is 1.24 bits per heavy atom. The van der Waals surface area contributed by atoms with Gasteiger partial charge in [0.1, 0.15) is 11.6 Å². The second-order valence-corrected chi connectivity index (χ2v) is 5.38. The lowest BCUT2D eigenvalue weighted by molar-refractivity contribution is -0.135. The average Bonchev–Trinajstić information content (AvgIpc) is 2.67. The van der Waals surface area contributed by atoms with Crippen LogP contribution in [-0.2, 0) is 13.0 Å². The summed E-state index contributed by atoms with van der Waals surface area (Å²) in [6.07, 6.45) is -4.82. The number of nitrogens with zero attached hydrogens (tertiary/aromatic N) is 2. The maximum atomic E-state index is 13.6. The molecule has 0 amide bonds. The Hall–Kier alpha value is -1.01. The zero-order valence-electron chi connectivity index (χ0n) is 10.9. The van der Waals surface area contributed by atoms with Crippen LogP contribution in [0.3, 0.4) is 0 Å². The summed E-state index contributed by atoms with van der Waals surface area (Å²) < 4.78 is 51.8. The molecule has 1 aromatic carbocycles. The molecular formula is C13H12Cl2F4N2. The molecule has 0 aliphatic rings. The van der Waals surface area contributed by atoms with Gasteiger partial charge in [-0.25, -0.2) is 9.37 Å². The molecule has 1 aromatic heterocycles. The summed E-state index contributed by atoms with van der Waals surface area (Å²) in [4.78, 5) is 4.27. The highest BCUT2D eigenvalue weighted by Crippen LogP contribution is 2.26. The van der Waals surface area contributed by atoms with Crippen molar-refractivity contribution in [3.05, 3.63) is 28.8 Å². The quantitative estimate of drug-likeness (QED) is 0.555. The van der Waals surface area contributed by atoms with Gasteiger partial charge in [0.2, 0.25) is 0 Å². The summed E-state index contributed by atoms with van der Waals surface area (Å²) in [6.45, 7) is 0.101. The maximum absolute atomic E-state index is 13.6. The molecule has 2 aromatic rings. The van der Waals surface area contributed by atoms with Crippen LogP contribution < -0.4 is 0 Å². The molecule has 0 fully saturated rings. The van der Waals surface area contributed by atoms with E-state index in [1.54, 1.807) is 4.57 Å². The third-order valence-corrected chi connectivity index (χ3v) is 3.51. The van der Waals surface area contributed by atoms with E-state index in [1.165, 1.54) is 12.1 Å². The topological polar surface area (TPSA) is 17.8 Å². The Balaban J connectivity index is 2.34. The Morgan fingerprint density at radius 2 is 1.95 bits per heavy atom. The monoisotopic (exact) mass is 342 g/mol. The number of hydrogen-bond acceptors (Lipinski definition) is 1. The van der Waals surface area contributed by atoms with Gasteiger partial charge in [-0.1, -0.05) is 11.6 Å². The minimum Gasteiger partial charge on any atom is -0.328 e. The van der Waals surface area contributed by atoms with E-state index < -0.39 is 18.4 Å². The average molecular weight is 343 g/mol. The van der Waals surface area contributed by atoms with Crippen molar-refractivity contribution < 1.29 is 17.6 Å². The van der Waals surface area contributed by atoms with Crippen LogP contribution in [0, 0.1) is 5.82 Å². The Bertz CT molecular complexity index is 637. The van der Waals surface area contributed by atoms with Crippen molar-refractivity contribution >= 4 is 34.2 Å². The molecule has 0 atom stereocenters. The largest absolute Gasteiger partial charge is 0.389 e. The fraction of sp³-hybridized carbons (Fsp3) is 0.462. The molecule has 0 radical (unpaired) electrons. The molecule has 21 heavy (non-hydrogen) atoms. The second-order valence-electron chi connectivity index (χ2n) is 4.59. The number of rotatable bonds is 5. The summed E-state index contributed by atoms with van der Waals surface area (Å²) >= 11 is 11.4. The fourth-order valence-electron chi connectivity index (χ4n) is 2.13. The third-order valence-electron chi connectivity index (χ3n) is 3.03. The molecule has 8 heteroatoms. The summed E-state index contributed by atoms with van der Waals surface area (Å²) in [5.74, 6) is 0.182. The van der Waals surface area contributed by atoms with E-state index in [-0.39, 0.29) is 23.9 Å². The zero-order chi connectivity index (χ0) is 15.6. The van der Waals surface area contributed by atoms with Crippen molar-refractivity contribution in [2.75, 3.05) is 5.88 Å². The van der Waals surface area contributed by atoms with E-state index in [0.29, 0.717) is 23.3 Å². The van der Waals surface area contributed by atoms with Crippen LogP contribution in [0.4, 0.5) is 17.6 Å². The minimum atomic E-state index is -4.21. The molecule has 2 rings (SSSR count). The van der Waals surface area contributed by atoms with E-state index in [1.807, 2.05) is 0 Å². The number of aryl methyl sites for hydroxylation is 2. The lowest BCUT2D eigenvalue weighted by Gasteiger charge is -2.10. The lowest BCUT2D eigenvalue weighted by Crippen LogP contribution is -2.11. The number of halogens is 6. The summed E-state index contributed by atoms with van der Waals surface area (Å²) in [5, 5.41) is -0.0696. The van der Waals surface area contributed by atoms with Crippen LogP contribution in [0.25, 0.3) is 11.0 Å². The number of hydrogen-bond donors (Lipinski definition) is 0. The predicted octanol–water partition coefficient (Wildman–Crippen LogP) is 4.95. The van der Waals surface area contributed by atoms with Gasteiger partial charge in [-0.05, 0) is 12.5 Å². The molecule has 0 aliphatic carbocycles. The van der Waals surface area contributed by atoms with Crippen LogP contribution in [0.5, 0.6) is 0 Å². The third kappa shape index (κ3) is 4.01. The SMILES string of the molecule is Fc1cc2c(cc1Cl)nc(CCCl)n2CCCC(F)(F)F. The molecule has 0 saturated heterocycles. The summed E-state index contributed by atoms with van der Waals surface area (Å²) in [5.41, 5.74) is 0.882. The first-order valence-electron chi connectivity index (χ1n) is 6.28. The Labute approximate surface area is 128 Å². The highest BCUT2D eigenvalue weighted by atomic mass is 35.5. The van der Waals surface area contributed by atoms with Crippen LogP contribution >= 0.6 is 23.2 Å². The van der Waals surface area contributed by atoms with Gasteiger partial charge in [0.25, 0.3) is 0 Å². The molecule has 0 unspecified atom stereocenters. The van der Waals surface area contributed by atoms with Gasteiger partial charge in [-0.15, -0.1) is 11.6 Å². The number of imidazole rings is 1. The maximum Gasteiger partial charge on any atom is 0.389 e. The Morgan fingerprint density at radius 3 is 2.57 bits per heavy atom. The molecule has 116 valence electrons. The van der Waals surface area contributed by atoms with E-state index in [0.717, 1.165) is 0 Å². The molecular weight excluding hydrogens is 331 g/mol. The van der Waals surface area contributed by atoms with Crippen LogP contribution in [0.15, 0.2) is 12.1 Å². The first-order chi connectivity index (χ1) is 9.81. The highest BCUT2D eigenvalue weighted by molar-refractivity contribution is 6.31. The number of benzene rings is 1. The van der Waals surface area contributed by atoms with Crippen molar-refractivity contribution in [3.63, 3.8) is 0 Å². The first kappa shape index (κ1) is 16.4. The normalized spacial score (nSPS) is 12.3. The number of alkyl halides is 4. The molecule has 0 N–H and O–H groups in total. The molecule has 0 aliphatic heterocycles. The number of aromatic nitrogens is 2. The summed E-state index contributed by atoms with van der Waals surface area (Å²) in [6, 6.07) is 2.56. The standard InChI is InChI=1S/C13H12Cl2F4N2/c14-4-2-12-20-10-6-8(15)9(16)7-11(10)21(12)5-1-3-13(17,18)19/h6-7H,1-5H2. The number of fused-ring (bicyclic) bond motifs is 1. The molecule has 1 heterocycles. The van der Waals surface area contributed by atoms with Crippen molar-refractivity contribution in [2.24, 2.45) is 0 Å². The lowest BCUT2D eigenvalue weighted by atomic mass is 10.2. The minimum absolute atomic E-state index is 0.0696. The van der Waals surface area contributed by atoms with Crippen LogP contribution in [0.2, 0.25) is 5.02 Å². The van der Waals surface area contributed by atoms with E-state index in [4.69, 9.17) is 23.2 Å². The van der Waals surface area contributed by atoms with Gasteiger partial charge >= 0.3 is 6.18 Å². The molecule has 0 saturated carbocycles. The van der Waals surface area contributed by atoms with Crippen molar-refractivity contribution in [1.82, 2.24) is 9.55 Å². The van der Waals surface area contributed by atoms with E-state index in [9.17, 15) is 17.6 Å². The fourth-order valence-corrected chi connectivity index (χ4v) is 2.46. The molecule has 0 spiro atoms. The van der Waals surface area contributed by atoms with Gasteiger partial charge in [-0.2, -0.15) is 13.2 Å². The first-order valence-corrected chi connectivity index (χ1v) is 7.20. The van der Waals surface area contributed by atoms with E-state index >= 15 is 0 Å². The van der Waals surface area contributed by atoms with Gasteiger partial charge in [0.05, 0.1) is 16.1 Å². The van der Waals surface area contributed by atoms with Gasteiger partial charge in [0, 0.05) is 31.3 Å². The highest BCUT2D eigenvalue weighted by Gasteiger charge is 2.26. The second kappa shape index (κ2) is 6.40. The Kier molecular flexibility index (Phi) is 4.99. The smallest absolute Gasteiger partial charge is 0.328 e. The van der Waals surface area contributed by atoms with Crippen molar-refractivity contribution in [1.29, 1.82) is 0 Å². The van der Waals surface area contributed by atoms with Gasteiger partial charge < -0.3 is 4.57 Å². The van der Waals surface area contributed by atoms with Gasteiger partial charge in [0.15, 0.2) is 0 Å². The molecule has 2 nitrogen and oxygen atoms in total. The molecule has 0 bridgehead atoms. The van der Waals surface area contributed by atoms with Crippen LogP contribution in [0.1, 0.15) is 18.7 Å².